The molecule has 2 amide bonds. The van der Waals surface area contributed by atoms with Crippen LogP contribution in [0.1, 0.15) is 11.1 Å². The van der Waals surface area contributed by atoms with Gasteiger partial charge in [0, 0.05) is 6.54 Å². The van der Waals surface area contributed by atoms with Crippen molar-refractivity contribution in [3.05, 3.63) is 52.2 Å². The molecule has 0 atom stereocenters. The number of anilines is 1. The van der Waals surface area contributed by atoms with Crippen LogP contribution in [0.15, 0.2) is 41.1 Å². The van der Waals surface area contributed by atoms with E-state index in [-0.39, 0.29) is 0 Å². The average molecular weight is 285 g/mol. The maximum absolute atomic E-state index is 11.7. The Morgan fingerprint density at radius 3 is 2.70 bits per heavy atom. The molecule has 6 heteroatoms. The Morgan fingerprint density at radius 2 is 2.00 bits per heavy atom. The number of hydrogen-bond donors (Lipinski definition) is 2. The lowest BCUT2D eigenvalue weighted by Crippen LogP contribution is -2.35. The Bertz CT molecular complexity index is 659. The third-order valence-electron chi connectivity index (χ3n) is 2.54. The summed E-state index contributed by atoms with van der Waals surface area (Å²) in [5, 5.41) is 17.6. The number of amides is 2. The molecule has 0 spiro atoms. The van der Waals surface area contributed by atoms with E-state index in [1.807, 2.05) is 22.9 Å². The molecule has 0 aliphatic carbocycles. The Balaban J connectivity index is 1.94. The minimum Gasteiger partial charge on any atom is -0.344 e. The molecule has 2 N–H and O–H groups in total. The predicted molar refractivity (Wildman–Crippen MR) is 76.0 cm³/mol. The van der Waals surface area contributed by atoms with Crippen LogP contribution in [0, 0.1) is 11.3 Å². The van der Waals surface area contributed by atoms with Crippen LogP contribution in [0.4, 0.5) is 5.69 Å². The molecule has 20 heavy (non-hydrogen) atoms. The summed E-state index contributed by atoms with van der Waals surface area (Å²) in [5.74, 6) is -1.52. The fourth-order valence-corrected chi connectivity index (χ4v) is 2.19. The number of carbonyl (C=O) groups excluding carboxylic acids is 2. The SMILES string of the molecule is N#Cc1ccccc1NC(=O)C(=O)NCc1ccsc1. The van der Waals surface area contributed by atoms with Crippen LogP contribution < -0.4 is 10.6 Å². The first kappa shape index (κ1) is 13.8. The van der Waals surface area contributed by atoms with Gasteiger partial charge in [-0.3, -0.25) is 9.59 Å². The van der Waals surface area contributed by atoms with Crippen molar-refractivity contribution >= 4 is 28.8 Å². The second-order valence-corrected chi connectivity index (χ2v) is 4.71. The van der Waals surface area contributed by atoms with Gasteiger partial charge in [0.15, 0.2) is 0 Å². The van der Waals surface area contributed by atoms with Gasteiger partial charge in [-0.2, -0.15) is 16.6 Å². The van der Waals surface area contributed by atoms with E-state index in [0.29, 0.717) is 17.8 Å². The van der Waals surface area contributed by atoms with E-state index in [2.05, 4.69) is 10.6 Å². The number of nitrogens with one attached hydrogen (secondary N) is 2. The van der Waals surface area contributed by atoms with Crippen molar-refractivity contribution in [1.29, 1.82) is 5.26 Å². The quantitative estimate of drug-likeness (QED) is 0.845. The standard InChI is InChI=1S/C14H11N3O2S/c15-7-11-3-1-2-4-12(11)17-14(19)13(18)16-8-10-5-6-20-9-10/h1-6,9H,8H2,(H,16,18)(H,17,19). The summed E-state index contributed by atoms with van der Waals surface area (Å²) in [5.41, 5.74) is 1.57. The first-order valence-corrected chi connectivity index (χ1v) is 6.74. The Hall–Kier alpha value is -2.65. The number of nitriles is 1. The minimum atomic E-state index is -0.789. The number of benzene rings is 1. The largest absolute Gasteiger partial charge is 0.344 e. The van der Waals surface area contributed by atoms with Gasteiger partial charge in [0.1, 0.15) is 6.07 Å². The lowest BCUT2D eigenvalue weighted by atomic mass is 10.2. The first-order valence-electron chi connectivity index (χ1n) is 5.80. The maximum Gasteiger partial charge on any atom is 0.313 e. The molecule has 0 fully saturated rings. The number of nitrogens with zero attached hydrogens (tertiary/aromatic N) is 1. The summed E-state index contributed by atoms with van der Waals surface area (Å²) in [6.45, 7) is 0.301. The Morgan fingerprint density at radius 1 is 1.20 bits per heavy atom. The number of para-hydroxylation sites is 1. The van der Waals surface area contributed by atoms with Crippen LogP contribution in [0.25, 0.3) is 0 Å². The number of rotatable bonds is 3. The van der Waals surface area contributed by atoms with Gasteiger partial charge in [0.05, 0.1) is 11.3 Å². The van der Waals surface area contributed by atoms with Crippen molar-refractivity contribution in [3.8, 4) is 6.07 Å². The number of thiophene rings is 1. The Kier molecular flexibility index (Phi) is 4.47. The molecular formula is C14H11N3O2S. The van der Waals surface area contributed by atoms with E-state index in [4.69, 9.17) is 5.26 Å². The zero-order valence-electron chi connectivity index (χ0n) is 10.4. The molecule has 0 aliphatic heterocycles. The van der Waals surface area contributed by atoms with E-state index < -0.39 is 11.8 Å². The van der Waals surface area contributed by atoms with Crippen LogP contribution in [-0.4, -0.2) is 11.8 Å². The highest BCUT2D eigenvalue weighted by Gasteiger charge is 2.14. The van der Waals surface area contributed by atoms with E-state index in [1.165, 1.54) is 11.3 Å². The molecule has 2 aromatic rings. The molecule has 5 nitrogen and oxygen atoms in total. The second kappa shape index (κ2) is 6.50. The van der Waals surface area contributed by atoms with Crippen molar-refractivity contribution < 1.29 is 9.59 Å². The van der Waals surface area contributed by atoms with Crippen molar-refractivity contribution in [2.24, 2.45) is 0 Å². The molecule has 0 unspecified atom stereocenters. The summed E-state index contributed by atoms with van der Waals surface area (Å²) in [7, 11) is 0. The van der Waals surface area contributed by atoms with E-state index in [1.54, 1.807) is 24.3 Å². The molecule has 2 rings (SSSR count). The fraction of sp³-hybridized carbons (Fsp3) is 0.0714. The van der Waals surface area contributed by atoms with Gasteiger partial charge >= 0.3 is 11.8 Å². The topological polar surface area (TPSA) is 82.0 Å². The third-order valence-corrected chi connectivity index (χ3v) is 3.27. The summed E-state index contributed by atoms with van der Waals surface area (Å²) >= 11 is 1.52. The molecule has 0 bridgehead atoms. The minimum absolute atomic E-state index is 0.301. The summed E-state index contributed by atoms with van der Waals surface area (Å²) in [6, 6.07) is 10.3. The second-order valence-electron chi connectivity index (χ2n) is 3.93. The molecule has 1 heterocycles. The van der Waals surface area contributed by atoms with Crippen molar-refractivity contribution in [2.75, 3.05) is 5.32 Å². The van der Waals surface area contributed by atoms with Crippen molar-refractivity contribution in [2.45, 2.75) is 6.54 Å². The van der Waals surface area contributed by atoms with Crippen LogP contribution >= 0.6 is 11.3 Å². The Labute approximate surface area is 119 Å². The molecule has 0 saturated carbocycles. The van der Waals surface area contributed by atoms with Gasteiger partial charge in [0.2, 0.25) is 0 Å². The highest BCUT2D eigenvalue weighted by Crippen LogP contribution is 2.13. The normalized spacial score (nSPS) is 9.55. The molecule has 1 aromatic carbocycles. The van der Waals surface area contributed by atoms with Crippen LogP contribution in [0.2, 0.25) is 0 Å². The molecular weight excluding hydrogens is 274 g/mol. The van der Waals surface area contributed by atoms with E-state index in [9.17, 15) is 9.59 Å². The van der Waals surface area contributed by atoms with E-state index >= 15 is 0 Å². The van der Waals surface area contributed by atoms with Gasteiger partial charge in [0.25, 0.3) is 0 Å². The third kappa shape index (κ3) is 3.43. The summed E-state index contributed by atoms with van der Waals surface area (Å²) in [4.78, 5) is 23.3. The molecule has 100 valence electrons. The molecule has 0 aliphatic rings. The zero-order valence-corrected chi connectivity index (χ0v) is 11.2. The van der Waals surface area contributed by atoms with Crippen molar-refractivity contribution in [3.63, 3.8) is 0 Å². The monoisotopic (exact) mass is 285 g/mol. The van der Waals surface area contributed by atoms with Crippen LogP contribution in [-0.2, 0) is 16.1 Å². The lowest BCUT2D eigenvalue weighted by molar-refractivity contribution is -0.136. The number of hydrogen-bond acceptors (Lipinski definition) is 4. The summed E-state index contributed by atoms with van der Waals surface area (Å²) < 4.78 is 0. The summed E-state index contributed by atoms with van der Waals surface area (Å²) in [6.07, 6.45) is 0. The van der Waals surface area contributed by atoms with Crippen LogP contribution in [0.3, 0.4) is 0 Å². The lowest BCUT2D eigenvalue weighted by Gasteiger charge is -2.07. The fourth-order valence-electron chi connectivity index (χ4n) is 1.52. The zero-order chi connectivity index (χ0) is 14.4. The molecule has 1 aromatic heterocycles. The predicted octanol–water partition coefficient (Wildman–Crippen LogP) is 1.87. The smallest absolute Gasteiger partial charge is 0.313 e. The first-order chi connectivity index (χ1) is 9.70. The molecule has 0 radical (unpaired) electrons. The van der Waals surface area contributed by atoms with Gasteiger partial charge in [-0.25, -0.2) is 0 Å². The van der Waals surface area contributed by atoms with E-state index in [0.717, 1.165) is 5.56 Å². The van der Waals surface area contributed by atoms with Gasteiger partial charge < -0.3 is 10.6 Å². The van der Waals surface area contributed by atoms with Crippen molar-refractivity contribution in [1.82, 2.24) is 5.32 Å². The van der Waals surface area contributed by atoms with Gasteiger partial charge in [-0.05, 0) is 34.5 Å². The highest BCUT2D eigenvalue weighted by atomic mass is 32.1. The van der Waals surface area contributed by atoms with Gasteiger partial charge in [-0.1, -0.05) is 12.1 Å². The number of carbonyl (C=O) groups is 2. The van der Waals surface area contributed by atoms with Gasteiger partial charge in [-0.15, -0.1) is 0 Å². The van der Waals surface area contributed by atoms with Crippen LogP contribution in [0.5, 0.6) is 0 Å². The molecule has 0 saturated heterocycles. The maximum atomic E-state index is 11.7. The average Bonchev–Trinajstić information content (AvgIpc) is 2.98. The highest BCUT2D eigenvalue weighted by molar-refractivity contribution is 7.07.